The minimum Gasteiger partial charge on any atom is -0.465 e. The molecule has 1 aliphatic heterocycles. The molecule has 0 spiro atoms. The predicted molar refractivity (Wildman–Crippen MR) is 77.5 cm³/mol. The Bertz CT molecular complexity index is 430. The van der Waals surface area contributed by atoms with Crippen LogP contribution in [0.25, 0.3) is 0 Å². The molecule has 3 atom stereocenters. The third-order valence-corrected chi connectivity index (χ3v) is 4.00. The van der Waals surface area contributed by atoms with Crippen LogP contribution >= 0.6 is 0 Å². The Kier molecular flexibility index (Phi) is 5.20. The molecule has 7 nitrogen and oxygen atoms in total. The topological polar surface area (TPSA) is 113 Å². The van der Waals surface area contributed by atoms with E-state index in [0.29, 0.717) is 13.0 Å². The van der Waals surface area contributed by atoms with E-state index >= 15 is 0 Å². The minimum absolute atomic E-state index is 0.0388. The summed E-state index contributed by atoms with van der Waals surface area (Å²) < 4.78 is 0. The molecule has 0 bridgehead atoms. The lowest BCUT2D eigenvalue weighted by atomic mass is 9.85. The van der Waals surface area contributed by atoms with Gasteiger partial charge in [0.05, 0.1) is 0 Å². The van der Waals surface area contributed by atoms with Crippen LogP contribution in [0.3, 0.4) is 0 Å². The molecular formula is C14H25N3O4. The summed E-state index contributed by atoms with van der Waals surface area (Å²) >= 11 is 0. The molecule has 0 aliphatic carbocycles. The van der Waals surface area contributed by atoms with Gasteiger partial charge in [-0.3, -0.25) is 9.59 Å². The SMILES string of the molecule is CCC1CCN(C(=O)C(NC(=O)O)C(C)(C)C)C1C(N)=O. The van der Waals surface area contributed by atoms with E-state index in [1.54, 1.807) is 20.8 Å². The molecule has 1 aliphatic rings. The fraction of sp³-hybridized carbons (Fsp3) is 0.786. The maximum Gasteiger partial charge on any atom is 0.405 e. The standard InChI is InChI=1S/C14H25N3O4/c1-5-8-6-7-17(9(8)11(15)18)12(19)10(14(2,3)4)16-13(20)21/h8-10,16H,5-7H2,1-4H3,(H2,15,18)(H,20,21). The molecule has 0 radical (unpaired) electrons. The number of carbonyl (C=O) groups excluding carboxylic acids is 2. The van der Waals surface area contributed by atoms with Crippen molar-refractivity contribution in [3.05, 3.63) is 0 Å². The second-order valence-corrected chi connectivity index (χ2v) is 6.58. The average molecular weight is 299 g/mol. The average Bonchev–Trinajstić information content (AvgIpc) is 2.77. The summed E-state index contributed by atoms with van der Waals surface area (Å²) in [6.07, 6.45) is 0.203. The summed E-state index contributed by atoms with van der Waals surface area (Å²) in [6.45, 7) is 7.71. The van der Waals surface area contributed by atoms with E-state index in [9.17, 15) is 14.4 Å². The summed E-state index contributed by atoms with van der Waals surface area (Å²) in [5.41, 5.74) is 4.84. The molecule has 3 amide bonds. The molecule has 3 unspecified atom stereocenters. The Morgan fingerprint density at radius 3 is 2.33 bits per heavy atom. The second kappa shape index (κ2) is 6.32. The van der Waals surface area contributed by atoms with Crippen LogP contribution in [-0.2, 0) is 9.59 Å². The van der Waals surface area contributed by atoms with Gasteiger partial charge in [-0.1, -0.05) is 34.1 Å². The lowest BCUT2D eigenvalue weighted by Crippen LogP contribution is -2.57. The number of rotatable bonds is 4. The van der Waals surface area contributed by atoms with Crippen molar-refractivity contribution in [3.8, 4) is 0 Å². The van der Waals surface area contributed by atoms with Gasteiger partial charge in [0.2, 0.25) is 11.8 Å². The quantitative estimate of drug-likeness (QED) is 0.712. The van der Waals surface area contributed by atoms with Crippen molar-refractivity contribution in [2.45, 2.75) is 52.6 Å². The summed E-state index contributed by atoms with van der Waals surface area (Å²) in [5.74, 6) is -0.878. The molecule has 0 saturated carbocycles. The number of nitrogens with zero attached hydrogens (tertiary/aromatic N) is 1. The zero-order valence-corrected chi connectivity index (χ0v) is 13.0. The van der Waals surface area contributed by atoms with Crippen LogP contribution in [0.15, 0.2) is 0 Å². The summed E-state index contributed by atoms with van der Waals surface area (Å²) in [5, 5.41) is 11.2. The first-order valence-electron chi connectivity index (χ1n) is 7.18. The monoisotopic (exact) mass is 299 g/mol. The van der Waals surface area contributed by atoms with Crippen molar-refractivity contribution in [1.82, 2.24) is 10.2 Å². The number of hydrogen-bond donors (Lipinski definition) is 3. The molecule has 120 valence electrons. The largest absolute Gasteiger partial charge is 0.465 e. The smallest absolute Gasteiger partial charge is 0.405 e. The highest BCUT2D eigenvalue weighted by molar-refractivity contribution is 5.91. The van der Waals surface area contributed by atoms with Gasteiger partial charge in [-0.05, 0) is 17.8 Å². The molecule has 0 aromatic rings. The number of carboxylic acid groups (broad SMARTS) is 1. The number of nitrogens with one attached hydrogen (secondary N) is 1. The van der Waals surface area contributed by atoms with Crippen LogP contribution in [0.2, 0.25) is 0 Å². The van der Waals surface area contributed by atoms with Gasteiger partial charge in [0.1, 0.15) is 12.1 Å². The van der Waals surface area contributed by atoms with Crippen molar-refractivity contribution in [2.24, 2.45) is 17.1 Å². The Hall–Kier alpha value is -1.79. The molecule has 1 saturated heterocycles. The van der Waals surface area contributed by atoms with E-state index in [-0.39, 0.29) is 11.8 Å². The van der Waals surface area contributed by atoms with E-state index in [1.165, 1.54) is 4.90 Å². The van der Waals surface area contributed by atoms with Gasteiger partial charge in [0, 0.05) is 6.54 Å². The van der Waals surface area contributed by atoms with Gasteiger partial charge in [-0.15, -0.1) is 0 Å². The third kappa shape index (κ3) is 3.86. The number of carbonyl (C=O) groups is 3. The highest BCUT2D eigenvalue weighted by atomic mass is 16.4. The maximum atomic E-state index is 12.7. The van der Waals surface area contributed by atoms with Crippen LogP contribution in [-0.4, -0.2) is 46.5 Å². The highest BCUT2D eigenvalue weighted by Crippen LogP contribution is 2.30. The van der Waals surface area contributed by atoms with Crippen molar-refractivity contribution in [2.75, 3.05) is 6.54 Å². The Morgan fingerprint density at radius 2 is 1.95 bits per heavy atom. The maximum absolute atomic E-state index is 12.7. The first-order valence-corrected chi connectivity index (χ1v) is 7.18. The fourth-order valence-corrected chi connectivity index (χ4v) is 2.85. The normalized spacial score (nSPS) is 23.7. The minimum atomic E-state index is -1.26. The van der Waals surface area contributed by atoms with Gasteiger partial charge in [0.15, 0.2) is 0 Å². The van der Waals surface area contributed by atoms with Gasteiger partial charge < -0.3 is 21.1 Å². The van der Waals surface area contributed by atoms with E-state index in [4.69, 9.17) is 10.8 Å². The van der Waals surface area contributed by atoms with Crippen LogP contribution in [0, 0.1) is 11.3 Å². The molecule has 0 aromatic heterocycles. The number of likely N-dealkylation sites (tertiary alicyclic amines) is 1. The molecule has 1 fully saturated rings. The van der Waals surface area contributed by atoms with Crippen molar-refractivity contribution < 1.29 is 19.5 Å². The van der Waals surface area contributed by atoms with Gasteiger partial charge in [-0.2, -0.15) is 0 Å². The Labute approximate surface area is 124 Å². The lowest BCUT2D eigenvalue weighted by Gasteiger charge is -2.35. The van der Waals surface area contributed by atoms with E-state index in [0.717, 1.165) is 6.42 Å². The van der Waals surface area contributed by atoms with Gasteiger partial charge in [0.25, 0.3) is 0 Å². The third-order valence-electron chi connectivity index (χ3n) is 4.00. The van der Waals surface area contributed by atoms with Crippen molar-refractivity contribution in [1.29, 1.82) is 0 Å². The fourth-order valence-electron chi connectivity index (χ4n) is 2.85. The molecule has 1 heterocycles. The van der Waals surface area contributed by atoms with Crippen LogP contribution in [0.4, 0.5) is 4.79 Å². The van der Waals surface area contributed by atoms with Gasteiger partial charge in [-0.25, -0.2) is 4.79 Å². The van der Waals surface area contributed by atoms with Crippen molar-refractivity contribution >= 4 is 17.9 Å². The lowest BCUT2D eigenvalue weighted by molar-refractivity contribution is -0.141. The summed E-state index contributed by atoms with van der Waals surface area (Å²) in [4.78, 5) is 36.7. The molecular weight excluding hydrogens is 274 g/mol. The zero-order valence-electron chi connectivity index (χ0n) is 13.0. The Balaban J connectivity index is 3.03. The Morgan fingerprint density at radius 1 is 1.38 bits per heavy atom. The summed E-state index contributed by atoms with van der Waals surface area (Å²) in [6, 6.07) is -1.56. The predicted octanol–water partition coefficient (Wildman–Crippen LogP) is 0.781. The molecule has 1 rings (SSSR count). The zero-order chi connectivity index (χ0) is 16.4. The molecule has 21 heavy (non-hydrogen) atoms. The number of hydrogen-bond acceptors (Lipinski definition) is 3. The van der Waals surface area contributed by atoms with E-state index in [1.807, 2.05) is 6.92 Å². The number of nitrogens with two attached hydrogens (primary N) is 1. The van der Waals surface area contributed by atoms with E-state index < -0.39 is 29.5 Å². The van der Waals surface area contributed by atoms with Crippen molar-refractivity contribution in [3.63, 3.8) is 0 Å². The van der Waals surface area contributed by atoms with Gasteiger partial charge >= 0.3 is 6.09 Å². The second-order valence-electron chi connectivity index (χ2n) is 6.58. The first-order chi connectivity index (χ1) is 9.59. The highest BCUT2D eigenvalue weighted by Gasteiger charge is 2.44. The van der Waals surface area contributed by atoms with Crippen LogP contribution < -0.4 is 11.1 Å². The summed E-state index contributed by atoms with van der Waals surface area (Å²) in [7, 11) is 0. The number of amides is 3. The number of primary amides is 1. The molecule has 0 aromatic carbocycles. The molecule has 4 N–H and O–H groups in total. The van der Waals surface area contributed by atoms with Crippen LogP contribution in [0.5, 0.6) is 0 Å². The van der Waals surface area contributed by atoms with Crippen LogP contribution in [0.1, 0.15) is 40.5 Å². The van der Waals surface area contributed by atoms with E-state index in [2.05, 4.69) is 5.32 Å². The first kappa shape index (κ1) is 17.3. The molecule has 7 heteroatoms.